The van der Waals surface area contributed by atoms with Gasteiger partial charge in [-0.25, -0.2) is 4.39 Å². The van der Waals surface area contributed by atoms with E-state index in [-0.39, 0.29) is 12.4 Å². The molecular formula is C10H13FO. The molecule has 0 unspecified atom stereocenters. The lowest BCUT2D eigenvalue weighted by Crippen LogP contribution is -1.96. The molecule has 0 aliphatic rings. The van der Waals surface area contributed by atoms with E-state index in [9.17, 15) is 4.39 Å². The fourth-order valence-corrected chi connectivity index (χ4v) is 1.15. The van der Waals surface area contributed by atoms with Gasteiger partial charge in [-0.15, -0.1) is 0 Å². The van der Waals surface area contributed by atoms with Crippen molar-refractivity contribution in [3.63, 3.8) is 0 Å². The molecule has 2 heteroatoms. The second kappa shape index (κ2) is 4.21. The van der Waals surface area contributed by atoms with E-state index >= 15 is 0 Å². The summed E-state index contributed by atoms with van der Waals surface area (Å²) in [6.45, 7) is 2.20. The predicted molar refractivity (Wildman–Crippen MR) is 46.5 cm³/mol. The van der Waals surface area contributed by atoms with Gasteiger partial charge in [-0.05, 0) is 30.0 Å². The van der Waals surface area contributed by atoms with E-state index in [4.69, 9.17) is 5.11 Å². The highest BCUT2D eigenvalue weighted by atomic mass is 19.1. The van der Waals surface area contributed by atoms with Crippen LogP contribution in [-0.4, -0.2) is 11.7 Å². The van der Waals surface area contributed by atoms with Crippen molar-refractivity contribution in [2.45, 2.75) is 19.3 Å². The number of halogens is 1. The van der Waals surface area contributed by atoms with Gasteiger partial charge in [-0.3, -0.25) is 0 Å². The molecule has 0 radical (unpaired) electrons. The summed E-state index contributed by atoms with van der Waals surface area (Å²) >= 11 is 0. The number of hydrogen-bond donors (Lipinski definition) is 1. The lowest BCUT2D eigenvalue weighted by Gasteiger charge is -2.08. The van der Waals surface area contributed by atoms with E-state index < -0.39 is 0 Å². The largest absolute Gasteiger partial charge is 0.396 e. The molecule has 0 aliphatic carbocycles. The number of hydrogen-bond acceptors (Lipinski definition) is 1. The summed E-state index contributed by atoms with van der Waals surface area (Å²) in [7, 11) is 0. The van der Waals surface area contributed by atoms with E-state index in [0.717, 1.165) is 12.0 Å². The monoisotopic (exact) mass is 168 g/mol. The number of benzene rings is 1. The SMILES string of the molecule is C[C@H](CCO)c1ccc(F)cc1. The van der Waals surface area contributed by atoms with E-state index in [1.165, 1.54) is 12.1 Å². The van der Waals surface area contributed by atoms with Gasteiger partial charge < -0.3 is 5.11 Å². The zero-order valence-electron chi connectivity index (χ0n) is 7.13. The van der Waals surface area contributed by atoms with Crippen LogP contribution in [0.15, 0.2) is 24.3 Å². The van der Waals surface area contributed by atoms with Gasteiger partial charge in [-0.1, -0.05) is 19.1 Å². The molecule has 1 N–H and O–H groups in total. The van der Waals surface area contributed by atoms with Gasteiger partial charge in [0, 0.05) is 6.61 Å². The molecule has 66 valence electrons. The summed E-state index contributed by atoms with van der Waals surface area (Å²) < 4.78 is 12.5. The molecule has 1 atom stereocenters. The van der Waals surface area contributed by atoms with Gasteiger partial charge in [0.1, 0.15) is 5.82 Å². The standard InChI is InChI=1S/C10H13FO/c1-8(6-7-12)9-2-4-10(11)5-3-9/h2-5,8,12H,6-7H2,1H3/t8-/m1/s1. The smallest absolute Gasteiger partial charge is 0.123 e. The molecule has 0 fully saturated rings. The molecule has 1 aromatic rings. The predicted octanol–water partition coefficient (Wildman–Crippen LogP) is 2.31. The van der Waals surface area contributed by atoms with E-state index in [2.05, 4.69) is 0 Å². The van der Waals surface area contributed by atoms with Crippen molar-refractivity contribution in [1.29, 1.82) is 0 Å². The Morgan fingerprint density at radius 3 is 2.42 bits per heavy atom. The highest BCUT2D eigenvalue weighted by Crippen LogP contribution is 2.18. The zero-order valence-corrected chi connectivity index (χ0v) is 7.13. The van der Waals surface area contributed by atoms with Crippen LogP contribution in [0.25, 0.3) is 0 Å². The molecule has 0 bridgehead atoms. The van der Waals surface area contributed by atoms with Gasteiger partial charge >= 0.3 is 0 Å². The van der Waals surface area contributed by atoms with E-state index in [1.807, 2.05) is 6.92 Å². The first-order chi connectivity index (χ1) is 5.74. The maximum Gasteiger partial charge on any atom is 0.123 e. The van der Waals surface area contributed by atoms with Crippen LogP contribution in [0.2, 0.25) is 0 Å². The Hall–Kier alpha value is -0.890. The summed E-state index contributed by atoms with van der Waals surface area (Å²) in [5, 5.41) is 8.68. The van der Waals surface area contributed by atoms with Gasteiger partial charge in [0.15, 0.2) is 0 Å². The molecule has 0 aliphatic heterocycles. The van der Waals surface area contributed by atoms with Gasteiger partial charge in [0.2, 0.25) is 0 Å². The Kier molecular flexibility index (Phi) is 3.23. The molecule has 0 heterocycles. The van der Waals surface area contributed by atoms with Crippen molar-refractivity contribution in [1.82, 2.24) is 0 Å². The minimum atomic E-state index is -0.213. The van der Waals surface area contributed by atoms with Crippen LogP contribution in [0, 0.1) is 5.82 Å². The molecule has 0 saturated heterocycles. The molecule has 12 heavy (non-hydrogen) atoms. The fourth-order valence-electron chi connectivity index (χ4n) is 1.15. The maximum atomic E-state index is 12.5. The Labute approximate surface area is 71.9 Å². The molecule has 0 aromatic heterocycles. The van der Waals surface area contributed by atoms with Crippen LogP contribution in [-0.2, 0) is 0 Å². The minimum absolute atomic E-state index is 0.179. The molecule has 0 spiro atoms. The lowest BCUT2D eigenvalue weighted by atomic mass is 9.98. The van der Waals surface area contributed by atoms with Crippen LogP contribution in [0.1, 0.15) is 24.8 Å². The van der Waals surface area contributed by atoms with Crippen LogP contribution in [0.4, 0.5) is 4.39 Å². The van der Waals surface area contributed by atoms with Crippen LogP contribution >= 0.6 is 0 Å². The van der Waals surface area contributed by atoms with Crippen LogP contribution in [0.5, 0.6) is 0 Å². The van der Waals surface area contributed by atoms with Crippen molar-refractivity contribution < 1.29 is 9.50 Å². The number of aliphatic hydroxyl groups excluding tert-OH is 1. The molecule has 1 rings (SSSR count). The molecule has 1 aromatic carbocycles. The summed E-state index contributed by atoms with van der Waals surface area (Å²) in [6.07, 6.45) is 0.728. The second-order valence-corrected chi connectivity index (χ2v) is 2.96. The first-order valence-corrected chi connectivity index (χ1v) is 4.10. The Morgan fingerprint density at radius 1 is 1.33 bits per heavy atom. The third-order valence-electron chi connectivity index (χ3n) is 2.00. The van der Waals surface area contributed by atoms with Crippen molar-refractivity contribution in [3.8, 4) is 0 Å². The van der Waals surface area contributed by atoms with E-state index in [0.29, 0.717) is 5.92 Å². The fraction of sp³-hybridized carbons (Fsp3) is 0.400. The quantitative estimate of drug-likeness (QED) is 0.734. The second-order valence-electron chi connectivity index (χ2n) is 2.96. The first-order valence-electron chi connectivity index (χ1n) is 4.10. The van der Waals surface area contributed by atoms with E-state index in [1.54, 1.807) is 12.1 Å². The normalized spacial score (nSPS) is 12.9. The Balaban J connectivity index is 2.68. The van der Waals surface area contributed by atoms with Crippen molar-refractivity contribution in [2.75, 3.05) is 6.61 Å². The number of aliphatic hydroxyl groups is 1. The van der Waals surface area contributed by atoms with Crippen molar-refractivity contribution >= 4 is 0 Å². The van der Waals surface area contributed by atoms with Crippen LogP contribution in [0.3, 0.4) is 0 Å². The Morgan fingerprint density at radius 2 is 1.92 bits per heavy atom. The molecule has 0 amide bonds. The molecule has 0 saturated carbocycles. The summed E-state index contributed by atoms with van der Waals surface area (Å²) in [5.41, 5.74) is 1.07. The first kappa shape index (κ1) is 9.20. The summed E-state index contributed by atoms with van der Waals surface area (Å²) in [5.74, 6) is 0.0885. The van der Waals surface area contributed by atoms with Gasteiger partial charge in [0.05, 0.1) is 0 Å². The van der Waals surface area contributed by atoms with Gasteiger partial charge in [-0.2, -0.15) is 0 Å². The summed E-state index contributed by atoms with van der Waals surface area (Å²) in [6, 6.07) is 6.41. The topological polar surface area (TPSA) is 20.2 Å². The Bertz CT molecular complexity index is 230. The minimum Gasteiger partial charge on any atom is -0.396 e. The van der Waals surface area contributed by atoms with Crippen LogP contribution < -0.4 is 0 Å². The van der Waals surface area contributed by atoms with Gasteiger partial charge in [0.25, 0.3) is 0 Å². The summed E-state index contributed by atoms with van der Waals surface area (Å²) in [4.78, 5) is 0. The third kappa shape index (κ3) is 2.31. The lowest BCUT2D eigenvalue weighted by molar-refractivity contribution is 0.278. The molecule has 1 nitrogen and oxygen atoms in total. The third-order valence-corrected chi connectivity index (χ3v) is 2.00. The van der Waals surface area contributed by atoms with Crippen molar-refractivity contribution in [2.24, 2.45) is 0 Å². The van der Waals surface area contributed by atoms with Crippen molar-refractivity contribution in [3.05, 3.63) is 35.6 Å². The number of rotatable bonds is 3. The average molecular weight is 168 g/mol. The highest BCUT2D eigenvalue weighted by Gasteiger charge is 2.03. The zero-order chi connectivity index (χ0) is 8.97. The maximum absolute atomic E-state index is 12.5. The highest BCUT2D eigenvalue weighted by molar-refractivity contribution is 5.19. The molecular weight excluding hydrogens is 155 g/mol. The average Bonchev–Trinajstić information content (AvgIpc) is 2.06.